The molecule has 2 heterocycles. The number of nitrogens with one attached hydrogen (secondary N) is 1. The highest BCUT2D eigenvalue weighted by molar-refractivity contribution is 5.57. The van der Waals surface area contributed by atoms with Gasteiger partial charge in [0.1, 0.15) is 17.5 Å². The number of aromatic nitrogens is 2. The van der Waals surface area contributed by atoms with Gasteiger partial charge < -0.3 is 5.32 Å². The maximum Gasteiger partial charge on any atom is 0.141 e. The van der Waals surface area contributed by atoms with E-state index in [1.807, 2.05) is 13.0 Å². The minimum absolute atomic E-state index is 0.360. The van der Waals surface area contributed by atoms with Gasteiger partial charge in [-0.2, -0.15) is 0 Å². The van der Waals surface area contributed by atoms with Gasteiger partial charge in [-0.05, 0) is 36.2 Å². The Morgan fingerprint density at radius 1 is 1.24 bits per heavy atom. The molecule has 0 radical (unpaired) electrons. The number of hydrogen-bond donors (Lipinski definition) is 1. The van der Waals surface area contributed by atoms with Crippen molar-refractivity contribution >= 4 is 17.7 Å². The van der Waals surface area contributed by atoms with Crippen molar-refractivity contribution in [3.05, 3.63) is 54.1 Å². The lowest BCUT2D eigenvalue weighted by atomic mass is 10.1. The highest BCUT2D eigenvalue weighted by Gasteiger charge is 2.00. The number of anilines is 2. The van der Waals surface area contributed by atoms with Crippen LogP contribution in [0.5, 0.6) is 0 Å². The molecule has 2 aromatic heterocycles. The van der Waals surface area contributed by atoms with Crippen LogP contribution in [-0.2, 0) is 0 Å². The maximum absolute atomic E-state index is 12.7. The number of nitrogens with zero attached hydrogens (tertiary/aromatic N) is 2. The van der Waals surface area contributed by atoms with Crippen LogP contribution >= 0.6 is 0 Å². The minimum Gasteiger partial charge on any atom is -0.325 e. The molecule has 0 spiro atoms. The van der Waals surface area contributed by atoms with E-state index in [2.05, 4.69) is 21.9 Å². The summed E-state index contributed by atoms with van der Waals surface area (Å²) in [6.07, 6.45) is 4.64. The Morgan fingerprint density at radius 3 is 2.59 bits per heavy atom. The Kier molecular flexibility index (Phi) is 3.14. The molecular formula is C13H12FN3. The van der Waals surface area contributed by atoms with Crippen LogP contribution < -0.4 is 5.32 Å². The molecule has 0 aliphatic carbocycles. The van der Waals surface area contributed by atoms with E-state index in [0.717, 1.165) is 17.3 Å². The molecule has 0 saturated carbocycles. The lowest BCUT2D eigenvalue weighted by Crippen LogP contribution is -1.97. The molecule has 17 heavy (non-hydrogen) atoms. The molecule has 3 nitrogen and oxygen atoms in total. The second-order valence-electron chi connectivity index (χ2n) is 3.62. The Morgan fingerprint density at radius 2 is 2.00 bits per heavy atom. The topological polar surface area (TPSA) is 37.8 Å². The van der Waals surface area contributed by atoms with E-state index in [1.165, 1.54) is 6.07 Å². The normalized spacial score (nSPS) is 10.0. The molecular weight excluding hydrogens is 217 g/mol. The van der Waals surface area contributed by atoms with E-state index < -0.39 is 0 Å². The standard InChI is InChI=1S/C13H12FN3/c1-3-10-7-15-13(6-9(10)2)17-12-5-4-11(14)8-16-12/h3-8H,1H2,2H3,(H,15,16,17). The Hall–Kier alpha value is -2.23. The third kappa shape index (κ3) is 2.66. The van der Waals surface area contributed by atoms with Gasteiger partial charge in [-0.1, -0.05) is 12.7 Å². The third-order valence-corrected chi connectivity index (χ3v) is 2.35. The summed E-state index contributed by atoms with van der Waals surface area (Å²) in [5, 5.41) is 3.00. The van der Waals surface area contributed by atoms with Crippen LogP contribution in [0, 0.1) is 12.7 Å². The maximum atomic E-state index is 12.7. The second kappa shape index (κ2) is 4.74. The molecule has 0 amide bonds. The van der Waals surface area contributed by atoms with E-state index in [-0.39, 0.29) is 5.82 Å². The smallest absolute Gasteiger partial charge is 0.141 e. The average molecular weight is 229 g/mol. The third-order valence-electron chi connectivity index (χ3n) is 2.35. The lowest BCUT2D eigenvalue weighted by Gasteiger charge is -2.06. The molecule has 0 unspecified atom stereocenters. The van der Waals surface area contributed by atoms with Crippen LogP contribution in [0.25, 0.3) is 6.08 Å². The summed E-state index contributed by atoms with van der Waals surface area (Å²) < 4.78 is 12.7. The summed E-state index contributed by atoms with van der Waals surface area (Å²) in [6.45, 7) is 5.67. The first-order valence-electron chi connectivity index (χ1n) is 5.16. The molecule has 0 aliphatic rings. The first-order valence-corrected chi connectivity index (χ1v) is 5.16. The van der Waals surface area contributed by atoms with Crippen molar-refractivity contribution in [2.75, 3.05) is 5.32 Å². The molecule has 0 saturated heterocycles. The summed E-state index contributed by atoms with van der Waals surface area (Å²) in [5.41, 5.74) is 2.06. The fourth-order valence-corrected chi connectivity index (χ4v) is 1.43. The van der Waals surface area contributed by atoms with E-state index in [9.17, 15) is 4.39 Å². The van der Waals surface area contributed by atoms with Crippen molar-refractivity contribution in [2.24, 2.45) is 0 Å². The summed E-state index contributed by atoms with van der Waals surface area (Å²) >= 11 is 0. The predicted molar refractivity (Wildman–Crippen MR) is 66.5 cm³/mol. The Balaban J connectivity index is 2.21. The quantitative estimate of drug-likeness (QED) is 0.877. The van der Waals surface area contributed by atoms with Crippen LogP contribution in [0.3, 0.4) is 0 Å². The summed E-state index contributed by atoms with van der Waals surface area (Å²) in [5.74, 6) is 0.874. The Labute approximate surface area is 99.0 Å². The molecule has 0 aliphatic heterocycles. The van der Waals surface area contributed by atoms with Crippen LogP contribution in [-0.4, -0.2) is 9.97 Å². The molecule has 1 N–H and O–H groups in total. The van der Waals surface area contributed by atoms with Gasteiger partial charge in [0.2, 0.25) is 0 Å². The first kappa shape index (κ1) is 11.3. The van der Waals surface area contributed by atoms with Crippen LogP contribution in [0.2, 0.25) is 0 Å². The van der Waals surface area contributed by atoms with Gasteiger partial charge >= 0.3 is 0 Å². The molecule has 0 aromatic carbocycles. The van der Waals surface area contributed by atoms with Crippen molar-refractivity contribution < 1.29 is 4.39 Å². The van der Waals surface area contributed by atoms with E-state index in [1.54, 1.807) is 18.3 Å². The number of aryl methyl sites for hydroxylation is 1. The molecule has 86 valence electrons. The minimum atomic E-state index is -0.360. The van der Waals surface area contributed by atoms with Crippen molar-refractivity contribution in [2.45, 2.75) is 6.92 Å². The lowest BCUT2D eigenvalue weighted by molar-refractivity contribution is 0.622. The zero-order valence-electron chi connectivity index (χ0n) is 9.44. The number of hydrogen-bond acceptors (Lipinski definition) is 3. The molecule has 4 heteroatoms. The zero-order valence-corrected chi connectivity index (χ0v) is 9.44. The first-order chi connectivity index (χ1) is 8.19. The van der Waals surface area contributed by atoms with Gasteiger partial charge in [-0.15, -0.1) is 0 Å². The van der Waals surface area contributed by atoms with Gasteiger partial charge in [0.15, 0.2) is 0 Å². The van der Waals surface area contributed by atoms with Gasteiger partial charge in [0.05, 0.1) is 6.20 Å². The van der Waals surface area contributed by atoms with Gasteiger partial charge in [0.25, 0.3) is 0 Å². The van der Waals surface area contributed by atoms with E-state index in [4.69, 9.17) is 0 Å². The highest BCUT2D eigenvalue weighted by Crippen LogP contribution is 2.16. The SMILES string of the molecule is C=Cc1cnc(Nc2ccc(F)cn2)cc1C. The number of halogens is 1. The monoisotopic (exact) mass is 229 g/mol. The van der Waals surface area contributed by atoms with Gasteiger partial charge in [-0.25, -0.2) is 14.4 Å². The predicted octanol–water partition coefficient (Wildman–Crippen LogP) is 3.31. The van der Waals surface area contributed by atoms with E-state index >= 15 is 0 Å². The molecule has 0 atom stereocenters. The van der Waals surface area contributed by atoms with Gasteiger partial charge in [-0.3, -0.25) is 0 Å². The number of rotatable bonds is 3. The zero-order chi connectivity index (χ0) is 12.3. The summed E-state index contributed by atoms with van der Waals surface area (Å²) in [6, 6.07) is 4.80. The molecule has 0 bridgehead atoms. The van der Waals surface area contributed by atoms with Gasteiger partial charge in [0, 0.05) is 6.20 Å². The summed E-state index contributed by atoms with van der Waals surface area (Å²) in [7, 11) is 0. The van der Waals surface area contributed by atoms with Crippen molar-refractivity contribution in [1.82, 2.24) is 9.97 Å². The van der Waals surface area contributed by atoms with Crippen LogP contribution in [0.4, 0.5) is 16.0 Å². The largest absolute Gasteiger partial charge is 0.325 e. The van der Waals surface area contributed by atoms with E-state index in [0.29, 0.717) is 11.6 Å². The molecule has 2 aromatic rings. The van der Waals surface area contributed by atoms with Crippen LogP contribution in [0.1, 0.15) is 11.1 Å². The highest BCUT2D eigenvalue weighted by atomic mass is 19.1. The molecule has 2 rings (SSSR count). The van der Waals surface area contributed by atoms with Crippen molar-refractivity contribution in [3.8, 4) is 0 Å². The fraction of sp³-hybridized carbons (Fsp3) is 0.0769. The average Bonchev–Trinajstić information content (AvgIpc) is 2.32. The molecule has 0 fully saturated rings. The fourth-order valence-electron chi connectivity index (χ4n) is 1.43. The summed E-state index contributed by atoms with van der Waals surface area (Å²) in [4.78, 5) is 8.11. The second-order valence-corrected chi connectivity index (χ2v) is 3.62. The number of pyridine rings is 2. The van der Waals surface area contributed by atoms with Crippen molar-refractivity contribution in [3.63, 3.8) is 0 Å². The van der Waals surface area contributed by atoms with Crippen molar-refractivity contribution in [1.29, 1.82) is 0 Å². The van der Waals surface area contributed by atoms with Crippen LogP contribution in [0.15, 0.2) is 37.2 Å². The Bertz CT molecular complexity index is 535.